The minimum absolute atomic E-state index is 0.149. The molecule has 3 heteroatoms. The van der Waals surface area contributed by atoms with E-state index in [-0.39, 0.29) is 12.2 Å². The Kier molecular flexibility index (Phi) is 4.61. The maximum atomic E-state index is 10.2. The second-order valence-corrected chi connectivity index (χ2v) is 5.13. The summed E-state index contributed by atoms with van der Waals surface area (Å²) in [5.41, 5.74) is 0.906. The summed E-state index contributed by atoms with van der Waals surface area (Å²) < 4.78 is 11.2. The summed E-state index contributed by atoms with van der Waals surface area (Å²) in [5, 5.41) is 10.2. The van der Waals surface area contributed by atoms with Gasteiger partial charge in [0.25, 0.3) is 0 Å². The molecule has 1 aliphatic heterocycles. The molecule has 0 saturated carbocycles. The Balaban J connectivity index is 1.98. The third-order valence-corrected chi connectivity index (χ3v) is 3.12. The first-order chi connectivity index (χ1) is 8.65. The molecule has 1 N–H and O–H groups in total. The van der Waals surface area contributed by atoms with E-state index in [4.69, 9.17) is 9.47 Å². The third-order valence-electron chi connectivity index (χ3n) is 3.12. The highest BCUT2D eigenvalue weighted by Gasteiger charge is 2.20. The van der Waals surface area contributed by atoms with E-state index in [2.05, 4.69) is 0 Å². The highest BCUT2D eigenvalue weighted by molar-refractivity contribution is 5.30. The predicted molar refractivity (Wildman–Crippen MR) is 70.8 cm³/mol. The van der Waals surface area contributed by atoms with Gasteiger partial charge in [-0.3, -0.25) is 0 Å². The molecular formula is C15H22O3. The van der Waals surface area contributed by atoms with Crippen molar-refractivity contribution >= 4 is 0 Å². The van der Waals surface area contributed by atoms with Crippen LogP contribution in [0.1, 0.15) is 44.8 Å². The van der Waals surface area contributed by atoms with Crippen LogP contribution in [0.2, 0.25) is 0 Å². The average molecular weight is 250 g/mol. The average Bonchev–Trinajstić information content (AvgIpc) is 2.81. The molecule has 0 aliphatic carbocycles. The molecule has 1 heterocycles. The van der Waals surface area contributed by atoms with Crippen LogP contribution in [-0.4, -0.2) is 23.9 Å². The summed E-state index contributed by atoms with van der Waals surface area (Å²) >= 11 is 0. The van der Waals surface area contributed by atoms with Crippen LogP contribution in [0.25, 0.3) is 0 Å². The van der Waals surface area contributed by atoms with Crippen molar-refractivity contribution in [2.24, 2.45) is 0 Å². The van der Waals surface area contributed by atoms with Gasteiger partial charge in [-0.2, -0.15) is 0 Å². The van der Waals surface area contributed by atoms with Crippen molar-refractivity contribution < 1.29 is 14.6 Å². The Bertz CT molecular complexity index is 370. The van der Waals surface area contributed by atoms with Gasteiger partial charge in [-0.1, -0.05) is 12.1 Å². The van der Waals surface area contributed by atoms with E-state index in [1.807, 2.05) is 38.1 Å². The number of hydrogen-bond acceptors (Lipinski definition) is 3. The standard InChI is InChI=1S/C15H22O3/c1-11(2)18-14-6-3-5-12(9-14)15(16)10-13-7-4-8-17-13/h3,5-6,9,11,13,15-16H,4,7-8,10H2,1-2H3. The molecule has 1 aromatic rings. The zero-order valence-electron chi connectivity index (χ0n) is 11.1. The van der Waals surface area contributed by atoms with Gasteiger partial charge in [0.1, 0.15) is 5.75 Å². The number of aliphatic hydroxyl groups is 1. The summed E-state index contributed by atoms with van der Waals surface area (Å²) in [6.45, 7) is 4.82. The monoisotopic (exact) mass is 250 g/mol. The van der Waals surface area contributed by atoms with Crippen LogP contribution in [0, 0.1) is 0 Å². The minimum atomic E-state index is -0.469. The highest BCUT2D eigenvalue weighted by Crippen LogP contribution is 2.27. The van der Waals surface area contributed by atoms with Gasteiger partial charge in [-0.05, 0) is 44.4 Å². The van der Waals surface area contributed by atoms with E-state index in [1.54, 1.807) is 0 Å². The van der Waals surface area contributed by atoms with E-state index in [1.165, 1.54) is 0 Å². The van der Waals surface area contributed by atoms with Crippen LogP contribution in [0.5, 0.6) is 5.75 Å². The SMILES string of the molecule is CC(C)Oc1cccc(C(O)CC2CCCO2)c1. The molecule has 2 unspecified atom stereocenters. The lowest BCUT2D eigenvalue weighted by Crippen LogP contribution is -2.11. The fourth-order valence-electron chi connectivity index (χ4n) is 2.28. The molecule has 0 radical (unpaired) electrons. The Labute approximate surface area is 109 Å². The molecule has 0 aromatic heterocycles. The van der Waals surface area contributed by atoms with Crippen molar-refractivity contribution in [3.63, 3.8) is 0 Å². The maximum Gasteiger partial charge on any atom is 0.120 e. The molecule has 0 spiro atoms. The topological polar surface area (TPSA) is 38.7 Å². The van der Waals surface area contributed by atoms with E-state index in [0.29, 0.717) is 6.42 Å². The molecule has 18 heavy (non-hydrogen) atoms. The van der Waals surface area contributed by atoms with Crippen molar-refractivity contribution in [2.45, 2.75) is 51.4 Å². The van der Waals surface area contributed by atoms with Crippen molar-refractivity contribution in [2.75, 3.05) is 6.61 Å². The fourth-order valence-corrected chi connectivity index (χ4v) is 2.28. The summed E-state index contributed by atoms with van der Waals surface area (Å²) in [5.74, 6) is 0.814. The first-order valence-electron chi connectivity index (χ1n) is 6.71. The first-order valence-corrected chi connectivity index (χ1v) is 6.71. The van der Waals surface area contributed by atoms with Crippen molar-refractivity contribution in [3.8, 4) is 5.75 Å². The van der Waals surface area contributed by atoms with Gasteiger partial charge in [0.05, 0.1) is 18.3 Å². The van der Waals surface area contributed by atoms with Crippen molar-refractivity contribution in [3.05, 3.63) is 29.8 Å². The molecular weight excluding hydrogens is 228 g/mol. The van der Waals surface area contributed by atoms with E-state index < -0.39 is 6.10 Å². The molecule has 2 rings (SSSR count). The number of ether oxygens (including phenoxy) is 2. The van der Waals surface area contributed by atoms with Crippen LogP contribution in [0.4, 0.5) is 0 Å². The van der Waals surface area contributed by atoms with Gasteiger partial charge in [0, 0.05) is 13.0 Å². The zero-order valence-corrected chi connectivity index (χ0v) is 11.1. The highest BCUT2D eigenvalue weighted by atomic mass is 16.5. The lowest BCUT2D eigenvalue weighted by Gasteiger charge is -2.17. The molecule has 2 atom stereocenters. The summed E-state index contributed by atoms with van der Waals surface area (Å²) in [6, 6.07) is 7.69. The Morgan fingerprint density at radius 2 is 2.28 bits per heavy atom. The Morgan fingerprint density at radius 1 is 1.44 bits per heavy atom. The lowest BCUT2D eigenvalue weighted by atomic mass is 10.0. The smallest absolute Gasteiger partial charge is 0.120 e. The third kappa shape index (κ3) is 3.72. The molecule has 0 bridgehead atoms. The maximum absolute atomic E-state index is 10.2. The van der Waals surface area contributed by atoms with E-state index >= 15 is 0 Å². The van der Waals surface area contributed by atoms with Gasteiger partial charge < -0.3 is 14.6 Å². The van der Waals surface area contributed by atoms with Crippen LogP contribution in [-0.2, 0) is 4.74 Å². The molecule has 1 aliphatic rings. The first kappa shape index (κ1) is 13.4. The Morgan fingerprint density at radius 3 is 2.94 bits per heavy atom. The second kappa shape index (κ2) is 6.21. The number of rotatable bonds is 5. The number of hydrogen-bond donors (Lipinski definition) is 1. The molecule has 1 fully saturated rings. The minimum Gasteiger partial charge on any atom is -0.491 e. The molecule has 1 aromatic carbocycles. The van der Waals surface area contributed by atoms with E-state index in [0.717, 1.165) is 30.8 Å². The largest absolute Gasteiger partial charge is 0.491 e. The van der Waals surface area contributed by atoms with Crippen molar-refractivity contribution in [1.82, 2.24) is 0 Å². The van der Waals surface area contributed by atoms with Crippen LogP contribution < -0.4 is 4.74 Å². The van der Waals surface area contributed by atoms with Gasteiger partial charge in [-0.15, -0.1) is 0 Å². The predicted octanol–water partition coefficient (Wildman–Crippen LogP) is 3.08. The summed E-state index contributed by atoms with van der Waals surface area (Å²) in [7, 11) is 0. The zero-order chi connectivity index (χ0) is 13.0. The lowest BCUT2D eigenvalue weighted by molar-refractivity contribution is 0.0533. The van der Waals surface area contributed by atoms with Gasteiger partial charge in [-0.25, -0.2) is 0 Å². The molecule has 0 amide bonds. The van der Waals surface area contributed by atoms with Crippen LogP contribution in [0.3, 0.4) is 0 Å². The van der Waals surface area contributed by atoms with Gasteiger partial charge in [0.2, 0.25) is 0 Å². The second-order valence-electron chi connectivity index (χ2n) is 5.13. The van der Waals surface area contributed by atoms with Crippen LogP contribution >= 0.6 is 0 Å². The number of aliphatic hydroxyl groups excluding tert-OH is 1. The molecule has 3 nitrogen and oxygen atoms in total. The fraction of sp³-hybridized carbons (Fsp3) is 0.600. The normalized spacial score (nSPS) is 21.2. The molecule has 1 saturated heterocycles. The Hall–Kier alpha value is -1.06. The van der Waals surface area contributed by atoms with Crippen molar-refractivity contribution in [1.29, 1.82) is 0 Å². The van der Waals surface area contributed by atoms with Gasteiger partial charge >= 0.3 is 0 Å². The molecule has 100 valence electrons. The summed E-state index contributed by atoms with van der Waals surface area (Å²) in [4.78, 5) is 0. The van der Waals surface area contributed by atoms with E-state index in [9.17, 15) is 5.11 Å². The number of benzene rings is 1. The van der Waals surface area contributed by atoms with Crippen LogP contribution in [0.15, 0.2) is 24.3 Å². The quantitative estimate of drug-likeness (QED) is 0.872. The van der Waals surface area contributed by atoms with Gasteiger partial charge in [0.15, 0.2) is 0 Å². The summed E-state index contributed by atoms with van der Waals surface area (Å²) in [6.07, 6.45) is 2.71.